The summed E-state index contributed by atoms with van der Waals surface area (Å²) in [5, 5.41) is 6.30. The third kappa shape index (κ3) is 6.00. The minimum atomic E-state index is -0.661. The third-order valence-corrected chi connectivity index (χ3v) is 4.26. The molecule has 0 radical (unpaired) electrons. The van der Waals surface area contributed by atoms with Crippen LogP contribution in [-0.4, -0.2) is 24.5 Å². The number of halogens is 1. The summed E-state index contributed by atoms with van der Waals surface area (Å²) in [6.45, 7) is 6.43. The van der Waals surface area contributed by atoms with Gasteiger partial charge < -0.3 is 15.4 Å². The fourth-order valence-electron chi connectivity index (χ4n) is 2.64. The van der Waals surface area contributed by atoms with Crippen LogP contribution in [0.4, 0.5) is 0 Å². The molecule has 27 heavy (non-hydrogen) atoms. The molecule has 0 aromatic heterocycles. The molecule has 0 aliphatic carbocycles. The quantitative estimate of drug-likeness (QED) is 0.722. The molecular weight excluding hydrogens is 364 g/mol. The first-order chi connectivity index (χ1) is 12.9. The summed E-state index contributed by atoms with van der Waals surface area (Å²) in [5.74, 6) is -0.158. The molecule has 2 aromatic carbocycles. The van der Waals surface area contributed by atoms with Gasteiger partial charge in [0.05, 0.1) is 12.2 Å². The molecule has 1 atom stereocenters. The average Bonchev–Trinajstić information content (AvgIpc) is 2.64. The van der Waals surface area contributed by atoms with Gasteiger partial charge in [0.25, 0.3) is 5.91 Å². The Morgan fingerprint density at radius 3 is 2.52 bits per heavy atom. The van der Waals surface area contributed by atoms with E-state index in [0.717, 1.165) is 5.56 Å². The largest absolute Gasteiger partial charge is 0.493 e. The molecule has 0 aliphatic heterocycles. The Labute approximate surface area is 165 Å². The predicted octanol–water partition coefficient (Wildman–Crippen LogP) is 3.81. The minimum absolute atomic E-state index is 0.0763. The van der Waals surface area contributed by atoms with Crippen molar-refractivity contribution in [2.75, 3.05) is 6.61 Å². The number of rotatable bonds is 8. The topological polar surface area (TPSA) is 67.4 Å². The molecule has 2 N–H and O–H groups in total. The number of ether oxygens (including phenoxy) is 1. The number of carbonyl (C=O) groups excluding carboxylic acids is 2. The van der Waals surface area contributed by atoms with Crippen LogP contribution in [0.15, 0.2) is 48.5 Å². The number of carbonyl (C=O) groups is 2. The molecular formula is C21H25ClN2O3. The minimum Gasteiger partial charge on any atom is -0.493 e. The standard InChI is InChI=1S/C21H25ClN2O3/c1-4-27-18-11-6-5-10-17(18)20(25)24-19(14(2)3)21(26)23-13-15-8-7-9-16(22)12-15/h5-12,14,19H,4,13H2,1-3H3,(H,23,26)(H,24,25)/t19-/m0/s1. The molecule has 0 aliphatic rings. The van der Waals surface area contributed by atoms with Crippen LogP contribution in [0.2, 0.25) is 5.02 Å². The summed E-state index contributed by atoms with van der Waals surface area (Å²) in [6, 6.07) is 13.6. The predicted molar refractivity (Wildman–Crippen MR) is 107 cm³/mol. The van der Waals surface area contributed by atoms with Gasteiger partial charge in [0.1, 0.15) is 11.8 Å². The van der Waals surface area contributed by atoms with Crippen molar-refractivity contribution < 1.29 is 14.3 Å². The smallest absolute Gasteiger partial charge is 0.255 e. The molecule has 0 saturated carbocycles. The summed E-state index contributed by atoms with van der Waals surface area (Å²) in [4.78, 5) is 25.3. The van der Waals surface area contributed by atoms with E-state index in [-0.39, 0.29) is 17.7 Å². The van der Waals surface area contributed by atoms with Crippen molar-refractivity contribution >= 4 is 23.4 Å². The fraction of sp³-hybridized carbons (Fsp3) is 0.333. The molecule has 2 aromatic rings. The van der Waals surface area contributed by atoms with E-state index in [1.807, 2.05) is 32.9 Å². The Balaban J connectivity index is 2.06. The van der Waals surface area contributed by atoms with E-state index < -0.39 is 6.04 Å². The van der Waals surface area contributed by atoms with Crippen molar-refractivity contribution in [3.05, 3.63) is 64.7 Å². The Morgan fingerprint density at radius 2 is 1.85 bits per heavy atom. The van der Waals surface area contributed by atoms with Crippen molar-refractivity contribution in [3.8, 4) is 5.75 Å². The van der Waals surface area contributed by atoms with E-state index in [9.17, 15) is 9.59 Å². The summed E-state index contributed by atoms with van der Waals surface area (Å²) < 4.78 is 5.50. The fourth-order valence-corrected chi connectivity index (χ4v) is 2.85. The van der Waals surface area contributed by atoms with Gasteiger partial charge in [-0.15, -0.1) is 0 Å². The Bertz CT molecular complexity index is 793. The summed E-state index contributed by atoms with van der Waals surface area (Å²) in [7, 11) is 0. The molecule has 0 heterocycles. The first-order valence-corrected chi connectivity index (χ1v) is 9.35. The second kappa shape index (κ2) is 9.97. The Morgan fingerprint density at radius 1 is 1.11 bits per heavy atom. The van der Waals surface area contributed by atoms with Crippen LogP contribution < -0.4 is 15.4 Å². The lowest BCUT2D eigenvalue weighted by Crippen LogP contribution is -2.49. The number of amides is 2. The highest BCUT2D eigenvalue weighted by Crippen LogP contribution is 2.18. The van der Waals surface area contributed by atoms with Crippen LogP contribution in [0.25, 0.3) is 0 Å². The number of hydrogen-bond acceptors (Lipinski definition) is 3. The highest BCUT2D eigenvalue weighted by Gasteiger charge is 2.25. The van der Waals surface area contributed by atoms with E-state index in [4.69, 9.17) is 16.3 Å². The maximum Gasteiger partial charge on any atom is 0.255 e. The Kier molecular flexibility index (Phi) is 7.67. The molecule has 144 valence electrons. The van der Waals surface area contributed by atoms with E-state index in [0.29, 0.717) is 29.5 Å². The first-order valence-electron chi connectivity index (χ1n) is 8.97. The molecule has 2 amide bonds. The number of para-hydroxylation sites is 1. The number of benzene rings is 2. The van der Waals surface area contributed by atoms with E-state index in [1.165, 1.54) is 0 Å². The molecule has 0 saturated heterocycles. The molecule has 6 heteroatoms. The lowest BCUT2D eigenvalue weighted by molar-refractivity contribution is -0.124. The van der Waals surface area contributed by atoms with E-state index in [1.54, 1.807) is 36.4 Å². The maximum atomic E-state index is 12.7. The van der Waals surface area contributed by atoms with Crippen LogP contribution in [-0.2, 0) is 11.3 Å². The zero-order valence-electron chi connectivity index (χ0n) is 15.8. The van der Waals surface area contributed by atoms with E-state index in [2.05, 4.69) is 10.6 Å². The maximum absolute atomic E-state index is 12.7. The SMILES string of the molecule is CCOc1ccccc1C(=O)N[C@H](C(=O)NCc1cccc(Cl)c1)C(C)C. The average molecular weight is 389 g/mol. The van der Waals surface area contributed by atoms with Gasteiger partial charge in [-0.3, -0.25) is 9.59 Å². The Hall–Kier alpha value is -2.53. The second-order valence-electron chi connectivity index (χ2n) is 6.47. The van der Waals surface area contributed by atoms with Crippen LogP contribution in [0.5, 0.6) is 5.75 Å². The highest BCUT2D eigenvalue weighted by molar-refractivity contribution is 6.30. The van der Waals surface area contributed by atoms with Gasteiger partial charge in [-0.05, 0) is 42.7 Å². The lowest BCUT2D eigenvalue weighted by atomic mass is 10.0. The summed E-state index contributed by atoms with van der Waals surface area (Å²) >= 11 is 5.97. The zero-order chi connectivity index (χ0) is 19.8. The van der Waals surface area contributed by atoms with Gasteiger partial charge in [-0.1, -0.05) is 49.7 Å². The van der Waals surface area contributed by atoms with Crippen LogP contribution in [0.3, 0.4) is 0 Å². The monoisotopic (exact) mass is 388 g/mol. The zero-order valence-corrected chi connectivity index (χ0v) is 16.5. The summed E-state index contributed by atoms with van der Waals surface area (Å²) in [5.41, 5.74) is 1.30. The molecule has 0 fully saturated rings. The van der Waals surface area contributed by atoms with Crippen molar-refractivity contribution in [2.45, 2.75) is 33.4 Å². The van der Waals surface area contributed by atoms with Gasteiger partial charge in [-0.25, -0.2) is 0 Å². The van der Waals surface area contributed by atoms with Gasteiger partial charge >= 0.3 is 0 Å². The highest BCUT2D eigenvalue weighted by atomic mass is 35.5. The molecule has 2 rings (SSSR count). The van der Waals surface area contributed by atoms with Gasteiger partial charge in [-0.2, -0.15) is 0 Å². The van der Waals surface area contributed by atoms with Gasteiger partial charge in [0.15, 0.2) is 0 Å². The van der Waals surface area contributed by atoms with Crippen LogP contribution in [0.1, 0.15) is 36.7 Å². The lowest BCUT2D eigenvalue weighted by Gasteiger charge is -2.22. The molecule has 0 unspecified atom stereocenters. The first kappa shape index (κ1) is 20.8. The normalized spacial score (nSPS) is 11.7. The summed E-state index contributed by atoms with van der Waals surface area (Å²) in [6.07, 6.45) is 0. The second-order valence-corrected chi connectivity index (χ2v) is 6.91. The van der Waals surface area contributed by atoms with Crippen molar-refractivity contribution in [3.63, 3.8) is 0 Å². The van der Waals surface area contributed by atoms with Crippen molar-refractivity contribution in [2.24, 2.45) is 5.92 Å². The van der Waals surface area contributed by atoms with Crippen LogP contribution >= 0.6 is 11.6 Å². The van der Waals surface area contributed by atoms with Crippen LogP contribution in [0, 0.1) is 5.92 Å². The van der Waals surface area contributed by atoms with Crippen molar-refractivity contribution in [1.29, 1.82) is 0 Å². The third-order valence-electron chi connectivity index (χ3n) is 4.02. The number of hydrogen-bond donors (Lipinski definition) is 2. The van der Waals surface area contributed by atoms with Gasteiger partial charge in [0, 0.05) is 11.6 Å². The number of nitrogens with one attached hydrogen (secondary N) is 2. The van der Waals surface area contributed by atoms with Gasteiger partial charge in [0.2, 0.25) is 5.91 Å². The molecule has 0 spiro atoms. The van der Waals surface area contributed by atoms with Crippen molar-refractivity contribution in [1.82, 2.24) is 10.6 Å². The van der Waals surface area contributed by atoms with E-state index >= 15 is 0 Å². The molecule has 0 bridgehead atoms. The molecule has 5 nitrogen and oxygen atoms in total.